The Morgan fingerprint density at radius 2 is 1.83 bits per heavy atom. The zero-order valence-corrected chi connectivity index (χ0v) is 10.0. The van der Waals surface area contributed by atoms with Crippen LogP contribution in [0.15, 0.2) is 23.2 Å². The van der Waals surface area contributed by atoms with Crippen molar-refractivity contribution in [2.24, 2.45) is 10.7 Å². The molecule has 0 saturated carbocycles. The number of aliphatic imine (C=N–C) groups is 1. The van der Waals surface area contributed by atoms with Gasteiger partial charge in [-0.05, 0) is 31.5 Å². The van der Waals surface area contributed by atoms with Gasteiger partial charge in [-0.15, -0.1) is 0 Å². The molecule has 0 spiro atoms. The smallest absolute Gasteiger partial charge is 0.346 e. The molecule has 1 aromatic rings. The molecule has 96 valence electrons. The van der Waals surface area contributed by atoms with Gasteiger partial charge in [0.15, 0.2) is 0 Å². The van der Waals surface area contributed by atoms with Crippen LogP contribution >= 0.6 is 0 Å². The van der Waals surface area contributed by atoms with Crippen LogP contribution in [-0.2, 0) is 0 Å². The highest BCUT2D eigenvalue weighted by molar-refractivity contribution is 6.03. The number of halogens is 2. The molecule has 0 aromatic heterocycles. The zero-order chi connectivity index (χ0) is 13.4. The summed E-state index contributed by atoms with van der Waals surface area (Å²) in [5.41, 5.74) is 5.96. The van der Waals surface area contributed by atoms with Crippen LogP contribution in [0.4, 0.5) is 13.6 Å². The average Bonchev–Trinajstić information content (AvgIpc) is 2.51. The van der Waals surface area contributed by atoms with E-state index >= 15 is 0 Å². The quantitative estimate of drug-likeness (QED) is 0.878. The van der Waals surface area contributed by atoms with Gasteiger partial charge in [0.05, 0.1) is 0 Å². The Bertz CT molecular complexity index is 508. The van der Waals surface area contributed by atoms with Gasteiger partial charge in [-0.3, -0.25) is 0 Å². The fraction of sp³-hybridized carbons (Fsp3) is 0.333. The van der Waals surface area contributed by atoms with E-state index < -0.39 is 23.7 Å². The van der Waals surface area contributed by atoms with Crippen molar-refractivity contribution in [1.29, 1.82) is 0 Å². The fourth-order valence-electron chi connectivity index (χ4n) is 2.07. The summed E-state index contributed by atoms with van der Waals surface area (Å²) in [5.74, 6) is -1.36. The predicted molar refractivity (Wildman–Crippen MR) is 63.1 cm³/mol. The molecule has 2 N–H and O–H groups in total. The first-order valence-electron chi connectivity index (χ1n) is 5.52. The lowest BCUT2D eigenvalue weighted by atomic mass is 10.0. The normalized spacial score (nSPS) is 19.6. The molecule has 1 aromatic carbocycles. The zero-order valence-electron chi connectivity index (χ0n) is 10.0. The van der Waals surface area contributed by atoms with Gasteiger partial charge in [0.25, 0.3) is 0 Å². The molecule has 2 rings (SSSR count). The Morgan fingerprint density at radius 1 is 1.28 bits per heavy atom. The summed E-state index contributed by atoms with van der Waals surface area (Å²) in [6, 6.07) is 1.72. The van der Waals surface area contributed by atoms with E-state index in [1.807, 2.05) is 0 Å². The second-order valence-corrected chi connectivity index (χ2v) is 4.43. The monoisotopic (exact) mass is 253 g/mol. The van der Waals surface area contributed by atoms with Crippen LogP contribution in [0.5, 0.6) is 0 Å². The molecule has 2 amide bonds. The summed E-state index contributed by atoms with van der Waals surface area (Å²) < 4.78 is 26.4. The number of carbonyl (C=O) groups excluding carboxylic acids is 1. The van der Waals surface area contributed by atoms with Gasteiger partial charge < -0.3 is 10.6 Å². The number of nitrogens with two attached hydrogens (primary N) is 1. The van der Waals surface area contributed by atoms with Gasteiger partial charge in [-0.1, -0.05) is 0 Å². The van der Waals surface area contributed by atoms with E-state index in [0.29, 0.717) is 0 Å². The maximum absolute atomic E-state index is 13.2. The maximum atomic E-state index is 13.2. The number of hydrogen-bond donors (Lipinski definition) is 1. The van der Waals surface area contributed by atoms with E-state index in [1.54, 1.807) is 13.8 Å². The lowest BCUT2D eigenvalue weighted by molar-refractivity contribution is 0.190. The molecule has 4 nitrogen and oxygen atoms in total. The average molecular weight is 253 g/mol. The lowest BCUT2D eigenvalue weighted by Crippen LogP contribution is -2.38. The predicted octanol–water partition coefficient (Wildman–Crippen LogP) is 2.21. The van der Waals surface area contributed by atoms with E-state index in [0.717, 1.165) is 18.2 Å². The molecule has 6 heteroatoms. The van der Waals surface area contributed by atoms with Gasteiger partial charge in [0.1, 0.15) is 23.5 Å². The Balaban J connectivity index is 2.47. The molecule has 1 unspecified atom stereocenters. The van der Waals surface area contributed by atoms with Crippen molar-refractivity contribution in [3.05, 3.63) is 35.4 Å². The van der Waals surface area contributed by atoms with Gasteiger partial charge in [0, 0.05) is 12.1 Å². The Labute approximate surface area is 103 Å². The van der Waals surface area contributed by atoms with Crippen LogP contribution in [-0.4, -0.2) is 22.8 Å². The van der Waals surface area contributed by atoms with Crippen LogP contribution in [0.1, 0.15) is 25.5 Å². The first kappa shape index (κ1) is 12.5. The van der Waals surface area contributed by atoms with Crippen molar-refractivity contribution in [1.82, 2.24) is 4.90 Å². The van der Waals surface area contributed by atoms with Crippen LogP contribution in [0.2, 0.25) is 0 Å². The lowest BCUT2D eigenvalue weighted by Gasteiger charge is -2.28. The number of benzene rings is 1. The minimum absolute atomic E-state index is 0.0544. The molecule has 0 fully saturated rings. The third-order valence-corrected chi connectivity index (χ3v) is 2.76. The van der Waals surface area contributed by atoms with Crippen LogP contribution in [0, 0.1) is 11.6 Å². The first-order chi connectivity index (χ1) is 8.40. The second kappa shape index (κ2) is 4.36. The number of urea groups is 1. The number of amidine groups is 1. The van der Waals surface area contributed by atoms with Crippen molar-refractivity contribution >= 4 is 11.9 Å². The van der Waals surface area contributed by atoms with Gasteiger partial charge >= 0.3 is 6.03 Å². The number of rotatable bonds is 2. The highest BCUT2D eigenvalue weighted by Crippen LogP contribution is 2.29. The van der Waals surface area contributed by atoms with Crippen LogP contribution < -0.4 is 5.73 Å². The summed E-state index contributed by atoms with van der Waals surface area (Å²) in [5, 5.41) is 0. The molecular weight excluding hydrogens is 240 g/mol. The molecule has 0 aliphatic carbocycles. The molecule has 1 aliphatic rings. The van der Waals surface area contributed by atoms with E-state index in [1.165, 1.54) is 4.90 Å². The van der Waals surface area contributed by atoms with Crippen molar-refractivity contribution < 1.29 is 13.6 Å². The minimum atomic E-state index is -0.708. The summed E-state index contributed by atoms with van der Waals surface area (Å²) >= 11 is 0. The molecule has 0 saturated heterocycles. The SMILES string of the molecule is CC(C)N1C(=O)N=C(N)C1c1cc(F)cc(F)c1. The highest BCUT2D eigenvalue weighted by Gasteiger charge is 2.36. The molecule has 0 bridgehead atoms. The standard InChI is InChI=1S/C12H13F2N3O/c1-6(2)17-10(11(15)16-12(17)18)7-3-8(13)5-9(14)4-7/h3-6,10H,1-2H3,(H2,15,16,18). The van der Waals surface area contributed by atoms with E-state index in [9.17, 15) is 13.6 Å². The highest BCUT2D eigenvalue weighted by atomic mass is 19.1. The largest absolute Gasteiger partial charge is 0.385 e. The Hall–Kier alpha value is -1.98. The molecule has 1 atom stereocenters. The van der Waals surface area contributed by atoms with Crippen molar-refractivity contribution in [2.75, 3.05) is 0 Å². The topological polar surface area (TPSA) is 58.7 Å². The van der Waals surface area contributed by atoms with Crippen LogP contribution in [0.25, 0.3) is 0 Å². The van der Waals surface area contributed by atoms with E-state index in [2.05, 4.69) is 4.99 Å². The Kier molecular flexibility index (Phi) is 3.02. The van der Waals surface area contributed by atoms with Crippen molar-refractivity contribution in [3.8, 4) is 0 Å². The van der Waals surface area contributed by atoms with Crippen molar-refractivity contribution in [2.45, 2.75) is 25.9 Å². The second-order valence-electron chi connectivity index (χ2n) is 4.43. The third kappa shape index (κ3) is 2.05. The number of nitrogens with zero attached hydrogens (tertiary/aromatic N) is 2. The summed E-state index contributed by atoms with van der Waals surface area (Å²) in [6.07, 6.45) is 0. The van der Waals surface area contributed by atoms with Gasteiger partial charge in [-0.25, -0.2) is 13.6 Å². The number of carbonyl (C=O) groups is 1. The van der Waals surface area contributed by atoms with Crippen molar-refractivity contribution in [3.63, 3.8) is 0 Å². The molecule has 0 radical (unpaired) electrons. The van der Waals surface area contributed by atoms with Crippen LogP contribution in [0.3, 0.4) is 0 Å². The fourth-order valence-corrected chi connectivity index (χ4v) is 2.07. The molecular formula is C12H13F2N3O. The number of amides is 2. The van der Waals surface area contributed by atoms with E-state index in [4.69, 9.17) is 5.73 Å². The van der Waals surface area contributed by atoms with Gasteiger partial charge in [0.2, 0.25) is 0 Å². The Morgan fingerprint density at radius 3 is 2.33 bits per heavy atom. The summed E-state index contributed by atoms with van der Waals surface area (Å²) in [4.78, 5) is 16.7. The molecule has 1 aliphatic heterocycles. The number of hydrogen-bond acceptors (Lipinski definition) is 2. The molecule has 18 heavy (non-hydrogen) atoms. The van der Waals surface area contributed by atoms with E-state index in [-0.39, 0.29) is 17.4 Å². The summed E-state index contributed by atoms with van der Waals surface area (Å²) in [7, 11) is 0. The third-order valence-electron chi connectivity index (χ3n) is 2.76. The van der Waals surface area contributed by atoms with Gasteiger partial charge in [-0.2, -0.15) is 4.99 Å². The molecule has 1 heterocycles. The first-order valence-corrected chi connectivity index (χ1v) is 5.52. The summed E-state index contributed by atoms with van der Waals surface area (Å²) in [6.45, 7) is 3.57. The minimum Gasteiger partial charge on any atom is -0.385 e. The maximum Gasteiger partial charge on any atom is 0.346 e.